The molecule has 0 unspecified atom stereocenters. The van der Waals surface area contributed by atoms with E-state index < -0.39 is 0 Å². The highest BCUT2D eigenvalue weighted by Crippen LogP contribution is 2.28. The topological polar surface area (TPSA) is 30.2 Å². The smallest absolute Gasteiger partial charge is 0.206 e. The van der Waals surface area contributed by atoms with Gasteiger partial charge in [0.1, 0.15) is 16.3 Å². The standard InChI is InChI=1S/C13H11BrO2/c14-11-7-16-13-9-4-2-1-3-8(9)5-6-10(13)12(11)15/h5-7H,1-4H2. The highest BCUT2D eigenvalue weighted by Gasteiger charge is 2.15. The fourth-order valence-electron chi connectivity index (χ4n) is 2.40. The van der Waals surface area contributed by atoms with Crippen LogP contribution >= 0.6 is 15.9 Å². The molecule has 0 radical (unpaired) electrons. The first-order valence-electron chi connectivity index (χ1n) is 5.49. The van der Waals surface area contributed by atoms with Crippen LogP contribution in [0, 0.1) is 0 Å². The van der Waals surface area contributed by atoms with E-state index in [1.165, 1.54) is 30.2 Å². The second kappa shape index (κ2) is 3.74. The zero-order valence-electron chi connectivity index (χ0n) is 8.75. The molecule has 1 aliphatic rings. The summed E-state index contributed by atoms with van der Waals surface area (Å²) in [6, 6.07) is 3.95. The summed E-state index contributed by atoms with van der Waals surface area (Å²) in [5.41, 5.74) is 3.37. The van der Waals surface area contributed by atoms with Crippen LogP contribution in [-0.4, -0.2) is 0 Å². The van der Waals surface area contributed by atoms with Gasteiger partial charge in [-0.25, -0.2) is 0 Å². The molecule has 1 aliphatic carbocycles. The molecular weight excluding hydrogens is 268 g/mol. The lowest BCUT2D eigenvalue weighted by Gasteiger charge is -2.16. The van der Waals surface area contributed by atoms with Crippen molar-refractivity contribution < 1.29 is 4.42 Å². The van der Waals surface area contributed by atoms with Crippen LogP contribution in [0.25, 0.3) is 11.0 Å². The van der Waals surface area contributed by atoms with Crippen LogP contribution in [0.5, 0.6) is 0 Å². The maximum absolute atomic E-state index is 11.9. The van der Waals surface area contributed by atoms with Crippen molar-refractivity contribution in [2.45, 2.75) is 25.7 Å². The average molecular weight is 279 g/mol. The maximum Gasteiger partial charge on any atom is 0.206 e. The van der Waals surface area contributed by atoms with E-state index in [9.17, 15) is 4.79 Å². The summed E-state index contributed by atoms with van der Waals surface area (Å²) in [7, 11) is 0. The molecule has 2 nitrogen and oxygen atoms in total. The number of fused-ring (bicyclic) bond motifs is 3. The molecule has 0 fully saturated rings. The molecule has 0 saturated carbocycles. The molecule has 2 aromatic rings. The SMILES string of the molecule is O=c1c(Br)coc2c3c(ccc12)CCCC3. The fraction of sp³-hybridized carbons (Fsp3) is 0.308. The van der Waals surface area contributed by atoms with Crippen LogP contribution in [0.2, 0.25) is 0 Å². The highest BCUT2D eigenvalue weighted by atomic mass is 79.9. The summed E-state index contributed by atoms with van der Waals surface area (Å²) >= 11 is 3.21. The number of hydrogen-bond acceptors (Lipinski definition) is 2. The second-order valence-electron chi connectivity index (χ2n) is 4.20. The molecule has 3 rings (SSSR count). The van der Waals surface area contributed by atoms with E-state index in [2.05, 4.69) is 22.0 Å². The van der Waals surface area contributed by atoms with Gasteiger partial charge in [-0.05, 0) is 58.8 Å². The van der Waals surface area contributed by atoms with Crippen LogP contribution in [-0.2, 0) is 12.8 Å². The van der Waals surface area contributed by atoms with E-state index in [1.54, 1.807) is 0 Å². The number of rotatable bonds is 0. The average Bonchev–Trinajstić information content (AvgIpc) is 2.33. The van der Waals surface area contributed by atoms with E-state index in [0.29, 0.717) is 9.86 Å². The molecule has 0 spiro atoms. The lowest BCUT2D eigenvalue weighted by molar-refractivity contribution is 0.584. The van der Waals surface area contributed by atoms with Gasteiger partial charge in [0.15, 0.2) is 0 Å². The molecule has 0 atom stereocenters. The molecule has 0 amide bonds. The first kappa shape index (κ1) is 10.1. The maximum atomic E-state index is 11.9. The molecule has 82 valence electrons. The summed E-state index contributed by atoms with van der Waals surface area (Å²) in [4.78, 5) is 11.9. The van der Waals surface area contributed by atoms with Crippen molar-refractivity contribution in [3.05, 3.63) is 44.2 Å². The Morgan fingerprint density at radius 1 is 1.19 bits per heavy atom. The van der Waals surface area contributed by atoms with E-state index >= 15 is 0 Å². The van der Waals surface area contributed by atoms with Gasteiger partial charge in [0, 0.05) is 0 Å². The van der Waals surface area contributed by atoms with Gasteiger partial charge in [0.2, 0.25) is 5.43 Å². The quantitative estimate of drug-likeness (QED) is 0.739. The van der Waals surface area contributed by atoms with Crippen molar-refractivity contribution in [3.8, 4) is 0 Å². The number of halogens is 1. The lowest BCUT2D eigenvalue weighted by Crippen LogP contribution is -2.08. The van der Waals surface area contributed by atoms with Crippen molar-refractivity contribution in [2.24, 2.45) is 0 Å². The van der Waals surface area contributed by atoms with Gasteiger partial charge in [-0.1, -0.05) is 6.07 Å². The Morgan fingerprint density at radius 3 is 2.88 bits per heavy atom. The number of aryl methyl sites for hydroxylation is 2. The molecule has 1 heterocycles. The fourth-order valence-corrected chi connectivity index (χ4v) is 2.71. The summed E-state index contributed by atoms with van der Waals surface area (Å²) in [5, 5.41) is 0.690. The molecule has 0 aliphatic heterocycles. The molecule has 1 aromatic heterocycles. The van der Waals surface area contributed by atoms with E-state index in [-0.39, 0.29) is 5.43 Å². The van der Waals surface area contributed by atoms with E-state index in [4.69, 9.17) is 4.42 Å². The third kappa shape index (κ3) is 1.42. The Kier molecular flexibility index (Phi) is 2.36. The Bertz CT molecular complexity index is 613. The Morgan fingerprint density at radius 2 is 2.00 bits per heavy atom. The van der Waals surface area contributed by atoms with Crippen molar-refractivity contribution in [1.29, 1.82) is 0 Å². The van der Waals surface area contributed by atoms with Crippen molar-refractivity contribution in [1.82, 2.24) is 0 Å². The summed E-state index contributed by atoms with van der Waals surface area (Å²) < 4.78 is 6.07. The van der Waals surface area contributed by atoms with Crippen molar-refractivity contribution >= 4 is 26.9 Å². The third-order valence-electron chi connectivity index (χ3n) is 3.22. The Hall–Kier alpha value is -1.09. The first-order valence-corrected chi connectivity index (χ1v) is 6.28. The molecule has 0 bridgehead atoms. The summed E-state index contributed by atoms with van der Waals surface area (Å²) in [6.07, 6.45) is 6.05. The summed E-state index contributed by atoms with van der Waals surface area (Å²) in [6.45, 7) is 0. The molecule has 0 saturated heterocycles. The van der Waals surface area contributed by atoms with Crippen LogP contribution in [0.4, 0.5) is 0 Å². The van der Waals surface area contributed by atoms with Gasteiger partial charge in [-0.2, -0.15) is 0 Å². The molecule has 3 heteroatoms. The van der Waals surface area contributed by atoms with Crippen LogP contribution in [0.3, 0.4) is 0 Å². The minimum atomic E-state index is 0.0228. The zero-order valence-corrected chi connectivity index (χ0v) is 10.3. The third-order valence-corrected chi connectivity index (χ3v) is 3.77. The van der Waals surface area contributed by atoms with Gasteiger partial charge in [0.05, 0.1) is 5.39 Å². The molecule has 16 heavy (non-hydrogen) atoms. The van der Waals surface area contributed by atoms with E-state index in [0.717, 1.165) is 18.4 Å². The lowest BCUT2D eigenvalue weighted by atomic mass is 9.90. The van der Waals surface area contributed by atoms with E-state index in [1.807, 2.05) is 6.07 Å². The van der Waals surface area contributed by atoms with Gasteiger partial charge < -0.3 is 4.42 Å². The number of benzene rings is 1. The van der Waals surface area contributed by atoms with Crippen LogP contribution in [0.1, 0.15) is 24.0 Å². The molecule has 0 N–H and O–H groups in total. The molecule has 1 aromatic carbocycles. The highest BCUT2D eigenvalue weighted by molar-refractivity contribution is 9.10. The predicted octanol–water partition coefficient (Wildman–Crippen LogP) is 3.43. The normalized spacial score (nSPS) is 15.1. The van der Waals surface area contributed by atoms with Gasteiger partial charge in [-0.3, -0.25) is 4.79 Å². The largest absolute Gasteiger partial charge is 0.463 e. The first-order chi connectivity index (χ1) is 7.77. The van der Waals surface area contributed by atoms with Gasteiger partial charge in [0.25, 0.3) is 0 Å². The van der Waals surface area contributed by atoms with Crippen LogP contribution in [0.15, 0.2) is 32.1 Å². The minimum absolute atomic E-state index is 0.0228. The summed E-state index contributed by atoms with van der Waals surface area (Å²) in [5.74, 6) is 0. The van der Waals surface area contributed by atoms with Crippen molar-refractivity contribution in [2.75, 3.05) is 0 Å². The minimum Gasteiger partial charge on any atom is -0.463 e. The monoisotopic (exact) mass is 278 g/mol. The van der Waals surface area contributed by atoms with Crippen LogP contribution < -0.4 is 5.43 Å². The Labute approximate surface area is 101 Å². The Balaban J connectivity index is 2.41. The van der Waals surface area contributed by atoms with Crippen molar-refractivity contribution in [3.63, 3.8) is 0 Å². The second-order valence-corrected chi connectivity index (χ2v) is 5.05. The van der Waals surface area contributed by atoms with Gasteiger partial charge >= 0.3 is 0 Å². The predicted molar refractivity (Wildman–Crippen MR) is 66.8 cm³/mol. The molecular formula is C13H11BrO2. The zero-order chi connectivity index (χ0) is 11.1. The number of hydrogen-bond donors (Lipinski definition) is 0. The van der Waals surface area contributed by atoms with Gasteiger partial charge in [-0.15, -0.1) is 0 Å².